The Kier molecular flexibility index (Phi) is 2.36. The summed E-state index contributed by atoms with van der Waals surface area (Å²) in [6.45, 7) is 0. The molecule has 0 saturated heterocycles. The molecule has 2 heteroatoms. The van der Waals surface area contributed by atoms with E-state index in [0.717, 1.165) is 6.42 Å². The first-order valence-corrected chi connectivity index (χ1v) is 7.75. The van der Waals surface area contributed by atoms with Crippen LogP contribution in [-0.2, 0) is 0 Å². The van der Waals surface area contributed by atoms with Crippen molar-refractivity contribution in [3.63, 3.8) is 0 Å². The summed E-state index contributed by atoms with van der Waals surface area (Å²) in [6, 6.07) is 15.7. The van der Waals surface area contributed by atoms with Crippen molar-refractivity contribution in [2.75, 3.05) is 0 Å². The van der Waals surface area contributed by atoms with Crippen LogP contribution in [0.4, 0.5) is 0 Å². The Morgan fingerprint density at radius 3 is 2.77 bits per heavy atom. The number of allylic oxidation sites excluding steroid dienone is 4. The normalized spacial score (nSPS) is 17.9. The number of aromatic amines is 1. The second kappa shape index (κ2) is 4.38. The Morgan fingerprint density at radius 2 is 1.86 bits per heavy atom. The molecule has 2 aromatic carbocycles. The highest BCUT2D eigenvalue weighted by Gasteiger charge is 2.18. The highest BCUT2D eigenvalue weighted by molar-refractivity contribution is 6.17. The van der Waals surface area contributed by atoms with Crippen molar-refractivity contribution in [2.45, 2.75) is 12.5 Å². The van der Waals surface area contributed by atoms with Crippen molar-refractivity contribution in [1.29, 1.82) is 0 Å². The molecule has 0 radical (unpaired) electrons. The van der Waals surface area contributed by atoms with E-state index < -0.39 is 0 Å². The first-order valence-electron chi connectivity index (χ1n) is 7.75. The molecule has 22 heavy (non-hydrogen) atoms. The van der Waals surface area contributed by atoms with E-state index in [9.17, 15) is 0 Å². The fourth-order valence-corrected chi connectivity index (χ4v) is 3.73. The summed E-state index contributed by atoms with van der Waals surface area (Å²) in [6.07, 6.45) is 11.9. The Bertz CT molecular complexity index is 1060. The number of aromatic nitrogens is 2. The van der Waals surface area contributed by atoms with Gasteiger partial charge in [-0.05, 0) is 24.6 Å². The number of para-hydroxylation sites is 1. The fourth-order valence-electron chi connectivity index (χ4n) is 3.73. The van der Waals surface area contributed by atoms with Crippen LogP contribution in [0.5, 0.6) is 0 Å². The van der Waals surface area contributed by atoms with Crippen LogP contribution >= 0.6 is 0 Å². The maximum Gasteiger partial charge on any atom is 0.0592 e. The van der Waals surface area contributed by atoms with Crippen molar-refractivity contribution in [3.05, 3.63) is 73.0 Å². The van der Waals surface area contributed by atoms with Gasteiger partial charge in [-0.15, -0.1) is 0 Å². The van der Waals surface area contributed by atoms with Gasteiger partial charge in [0.25, 0.3) is 0 Å². The smallest absolute Gasteiger partial charge is 0.0592 e. The number of nitrogens with one attached hydrogen (secondary N) is 1. The lowest BCUT2D eigenvalue weighted by molar-refractivity contribution is 0.649. The maximum absolute atomic E-state index is 3.34. The Labute approximate surface area is 128 Å². The quantitative estimate of drug-likeness (QED) is 0.487. The molecule has 2 aromatic heterocycles. The van der Waals surface area contributed by atoms with Gasteiger partial charge in [-0.25, -0.2) is 0 Å². The van der Waals surface area contributed by atoms with Crippen LogP contribution in [0.2, 0.25) is 0 Å². The van der Waals surface area contributed by atoms with Gasteiger partial charge in [0, 0.05) is 33.4 Å². The molecule has 0 amide bonds. The van der Waals surface area contributed by atoms with Gasteiger partial charge in [-0.3, -0.25) is 0 Å². The van der Waals surface area contributed by atoms with Gasteiger partial charge in [-0.2, -0.15) is 0 Å². The van der Waals surface area contributed by atoms with Gasteiger partial charge in [0.1, 0.15) is 0 Å². The molecule has 1 atom stereocenters. The molecular formula is C20H16N2. The zero-order chi connectivity index (χ0) is 14.5. The minimum absolute atomic E-state index is 0.382. The van der Waals surface area contributed by atoms with Crippen molar-refractivity contribution < 1.29 is 0 Å². The van der Waals surface area contributed by atoms with Crippen molar-refractivity contribution in [2.24, 2.45) is 0 Å². The molecule has 2 nitrogen and oxygen atoms in total. The van der Waals surface area contributed by atoms with Crippen LogP contribution in [0.25, 0.3) is 32.7 Å². The molecule has 1 N–H and O–H groups in total. The van der Waals surface area contributed by atoms with E-state index in [1.54, 1.807) is 0 Å². The zero-order valence-corrected chi connectivity index (χ0v) is 12.2. The number of hydrogen-bond donors (Lipinski definition) is 1. The zero-order valence-electron chi connectivity index (χ0n) is 12.2. The van der Waals surface area contributed by atoms with E-state index in [1.807, 2.05) is 6.20 Å². The number of rotatable bonds is 1. The van der Waals surface area contributed by atoms with Gasteiger partial charge in [0.15, 0.2) is 0 Å². The number of benzene rings is 2. The molecule has 5 rings (SSSR count). The van der Waals surface area contributed by atoms with Gasteiger partial charge in [-0.1, -0.05) is 48.6 Å². The van der Waals surface area contributed by atoms with Crippen LogP contribution in [0.1, 0.15) is 12.5 Å². The van der Waals surface area contributed by atoms with Crippen LogP contribution < -0.4 is 0 Å². The highest BCUT2D eigenvalue weighted by atomic mass is 15.0. The molecule has 1 aliphatic carbocycles. The Hall–Kier alpha value is -2.74. The molecule has 0 bridgehead atoms. The highest BCUT2D eigenvalue weighted by Crippen LogP contribution is 2.37. The SMILES string of the molecule is C1=CCC(n2c3ccccc3c3ccc4[nH]ccc4c32)C=C1. The molecule has 2 heterocycles. The summed E-state index contributed by atoms with van der Waals surface area (Å²) in [4.78, 5) is 3.34. The predicted molar refractivity (Wildman–Crippen MR) is 93.2 cm³/mol. The van der Waals surface area contributed by atoms with Gasteiger partial charge >= 0.3 is 0 Å². The Morgan fingerprint density at radius 1 is 0.909 bits per heavy atom. The van der Waals surface area contributed by atoms with Gasteiger partial charge in [0.05, 0.1) is 11.6 Å². The largest absolute Gasteiger partial charge is 0.361 e. The fraction of sp³-hybridized carbons (Fsp3) is 0.100. The Balaban J connectivity index is 2.00. The predicted octanol–water partition coefficient (Wildman–Crippen LogP) is 5.33. The standard InChI is InChI=1S/C20H16N2/c1-2-6-14(7-3-1)22-19-9-5-4-8-15(19)16-10-11-18-17(20(16)22)12-13-21-18/h1-6,8-14,21H,7H2. The third-order valence-electron chi connectivity index (χ3n) is 4.69. The summed E-state index contributed by atoms with van der Waals surface area (Å²) in [5.41, 5.74) is 3.85. The van der Waals surface area contributed by atoms with Crippen LogP contribution in [0.3, 0.4) is 0 Å². The number of hydrogen-bond acceptors (Lipinski definition) is 0. The molecule has 1 unspecified atom stereocenters. The summed E-state index contributed by atoms with van der Waals surface area (Å²) in [5, 5.41) is 3.98. The summed E-state index contributed by atoms with van der Waals surface area (Å²) < 4.78 is 2.50. The number of fused-ring (bicyclic) bond motifs is 5. The van der Waals surface area contributed by atoms with Crippen molar-refractivity contribution in [3.8, 4) is 0 Å². The minimum atomic E-state index is 0.382. The minimum Gasteiger partial charge on any atom is -0.361 e. The molecule has 0 saturated carbocycles. The van der Waals surface area contributed by atoms with E-state index in [0.29, 0.717) is 6.04 Å². The molecule has 0 spiro atoms. The van der Waals surface area contributed by atoms with E-state index in [4.69, 9.17) is 0 Å². The van der Waals surface area contributed by atoms with E-state index >= 15 is 0 Å². The lowest BCUT2D eigenvalue weighted by Crippen LogP contribution is -2.06. The maximum atomic E-state index is 3.34. The summed E-state index contributed by atoms with van der Waals surface area (Å²) in [7, 11) is 0. The topological polar surface area (TPSA) is 20.7 Å². The van der Waals surface area contributed by atoms with E-state index in [-0.39, 0.29) is 0 Å². The van der Waals surface area contributed by atoms with Crippen molar-refractivity contribution >= 4 is 32.7 Å². The number of nitrogens with zero attached hydrogens (tertiary/aromatic N) is 1. The van der Waals surface area contributed by atoms with Crippen LogP contribution in [0, 0.1) is 0 Å². The second-order valence-corrected chi connectivity index (χ2v) is 5.90. The average Bonchev–Trinajstić information content (AvgIpc) is 3.17. The van der Waals surface area contributed by atoms with E-state index in [1.165, 1.54) is 32.7 Å². The van der Waals surface area contributed by atoms with E-state index in [2.05, 4.69) is 76.3 Å². The lowest BCUT2D eigenvalue weighted by atomic mass is 10.1. The molecule has 106 valence electrons. The molecule has 0 aliphatic heterocycles. The average molecular weight is 284 g/mol. The first kappa shape index (κ1) is 11.9. The lowest BCUT2D eigenvalue weighted by Gasteiger charge is -2.18. The molecular weight excluding hydrogens is 268 g/mol. The molecule has 1 aliphatic rings. The van der Waals surface area contributed by atoms with Gasteiger partial charge < -0.3 is 9.55 Å². The van der Waals surface area contributed by atoms with Crippen LogP contribution in [0.15, 0.2) is 73.0 Å². The third-order valence-corrected chi connectivity index (χ3v) is 4.69. The molecule has 0 fully saturated rings. The molecule has 4 aromatic rings. The summed E-state index contributed by atoms with van der Waals surface area (Å²) in [5.74, 6) is 0. The van der Waals surface area contributed by atoms with Gasteiger partial charge in [0.2, 0.25) is 0 Å². The third kappa shape index (κ3) is 1.49. The number of H-pyrrole nitrogens is 1. The summed E-state index contributed by atoms with van der Waals surface area (Å²) >= 11 is 0. The monoisotopic (exact) mass is 284 g/mol. The second-order valence-electron chi connectivity index (χ2n) is 5.90. The van der Waals surface area contributed by atoms with Crippen LogP contribution in [-0.4, -0.2) is 9.55 Å². The first-order chi connectivity index (χ1) is 10.9. The van der Waals surface area contributed by atoms with Crippen molar-refractivity contribution in [1.82, 2.24) is 9.55 Å².